The molecule has 0 saturated carbocycles. The van der Waals surface area contributed by atoms with E-state index in [0.29, 0.717) is 6.42 Å². The zero-order valence-corrected chi connectivity index (χ0v) is 18.8. The smallest absolute Gasteiger partial charge is 0.337 e. The number of methoxy groups -OCH3 is 1. The summed E-state index contributed by atoms with van der Waals surface area (Å²) in [6.45, 7) is 3.51. The molecule has 7 nitrogen and oxygen atoms in total. The van der Waals surface area contributed by atoms with E-state index >= 15 is 0 Å². The van der Waals surface area contributed by atoms with Gasteiger partial charge in [-0.05, 0) is 49.2 Å². The van der Waals surface area contributed by atoms with Gasteiger partial charge in [-0.2, -0.15) is 0 Å². The van der Waals surface area contributed by atoms with Crippen LogP contribution in [0, 0.1) is 0 Å². The Kier molecular flexibility index (Phi) is 6.22. The minimum Gasteiger partial charge on any atom is -0.465 e. The van der Waals surface area contributed by atoms with Crippen LogP contribution < -0.4 is 9.80 Å². The van der Waals surface area contributed by atoms with Crippen LogP contribution in [0.1, 0.15) is 52.7 Å². The molecule has 0 bridgehead atoms. The molecular weight excluding hydrogens is 418 g/mol. The standard InChI is InChI=1S/C26H25N3O4/c1-17-15-24(29(18(2)30)20-9-5-4-6-10-20)21-11-7-8-12-23(21)28(17)25(31)22-16-19(13-14-27-22)26(32)33-3/h4-14,16-17,24H,15H2,1-3H3. The molecule has 7 heteroatoms. The van der Waals surface area contributed by atoms with Gasteiger partial charge in [0.25, 0.3) is 5.91 Å². The van der Waals surface area contributed by atoms with Crippen molar-refractivity contribution in [3.8, 4) is 0 Å². The summed E-state index contributed by atoms with van der Waals surface area (Å²) in [5.41, 5.74) is 2.83. The number of pyridine rings is 1. The maximum Gasteiger partial charge on any atom is 0.337 e. The molecule has 2 atom stereocenters. The lowest BCUT2D eigenvalue weighted by Crippen LogP contribution is -2.47. The van der Waals surface area contributed by atoms with Crippen molar-refractivity contribution in [2.75, 3.05) is 16.9 Å². The Labute approximate surface area is 192 Å². The van der Waals surface area contributed by atoms with Crippen LogP contribution in [0.5, 0.6) is 0 Å². The van der Waals surface area contributed by atoms with E-state index in [4.69, 9.17) is 4.74 Å². The molecular formula is C26H25N3O4. The molecule has 0 spiro atoms. The van der Waals surface area contributed by atoms with Crippen LogP contribution in [0.25, 0.3) is 0 Å². The highest BCUT2D eigenvalue weighted by molar-refractivity contribution is 6.07. The number of benzene rings is 2. The first-order valence-electron chi connectivity index (χ1n) is 10.7. The van der Waals surface area contributed by atoms with Gasteiger partial charge in [0.15, 0.2) is 0 Å². The summed E-state index contributed by atoms with van der Waals surface area (Å²) >= 11 is 0. The second-order valence-electron chi connectivity index (χ2n) is 7.98. The molecule has 3 aromatic rings. The topological polar surface area (TPSA) is 79.8 Å². The van der Waals surface area contributed by atoms with Crippen molar-refractivity contribution in [3.05, 3.63) is 89.7 Å². The Morgan fingerprint density at radius 2 is 1.73 bits per heavy atom. The van der Waals surface area contributed by atoms with Crippen LogP contribution in [-0.2, 0) is 9.53 Å². The molecule has 2 aromatic carbocycles. The van der Waals surface area contributed by atoms with E-state index in [1.54, 1.807) is 16.7 Å². The van der Waals surface area contributed by atoms with E-state index < -0.39 is 5.97 Å². The highest BCUT2D eigenvalue weighted by Gasteiger charge is 2.38. The lowest BCUT2D eigenvalue weighted by atomic mass is 9.89. The number of hydrogen-bond acceptors (Lipinski definition) is 5. The van der Waals surface area contributed by atoms with Gasteiger partial charge in [-0.3, -0.25) is 14.6 Å². The molecule has 2 heterocycles. The number of hydrogen-bond donors (Lipinski definition) is 0. The molecule has 4 rings (SSSR count). The van der Waals surface area contributed by atoms with Gasteiger partial charge in [-0.1, -0.05) is 36.4 Å². The summed E-state index contributed by atoms with van der Waals surface area (Å²) in [5, 5.41) is 0. The molecule has 1 aliphatic heterocycles. The van der Waals surface area contributed by atoms with Crippen LogP contribution in [0.4, 0.5) is 11.4 Å². The Bertz CT molecular complexity index is 1190. The summed E-state index contributed by atoms with van der Waals surface area (Å²) in [4.78, 5) is 45.9. The fourth-order valence-corrected chi connectivity index (χ4v) is 4.42. The van der Waals surface area contributed by atoms with Gasteiger partial charge in [0.1, 0.15) is 5.69 Å². The summed E-state index contributed by atoms with van der Waals surface area (Å²) in [7, 11) is 1.29. The first kappa shape index (κ1) is 22.2. The third-order valence-electron chi connectivity index (χ3n) is 5.86. The van der Waals surface area contributed by atoms with Crippen LogP contribution in [0.2, 0.25) is 0 Å². The fourth-order valence-electron chi connectivity index (χ4n) is 4.42. The molecule has 168 valence electrons. The predicted octanol–water partition coefficient (Wildman–Crippen LogP) is 4.40. The van der Waals surface area contributed by atoms with Crippen molar-refractivity contribution in [1.82, 2.24) is 4.98 Å². The van der Waals surface area contributed by atoms with Crippen molar-refractivity contribution >= 4 is 29.2 Å². The number of nitrogens with zero attached hydrogens (tertiary/aromatic N) is 3. The first-order valence-corrected chi connectivity index (χ1v) is 10.7. The molecule has 2 unspecified atom stereocenters. The number of fused-ring (bicyclic) bond motifs is 1. The Hall–Kier alpha value is -4.00. The molecule has 0 radical (unpaired) electrons. The van der Waals surface area contributed by atoms with Crippen LogP contribution in [0.15, 0.2) is 72.9 Å². The second-order valence-corrected chi connectivity index (χ2v) is 7.98. The predicted molar refractivity (Wildman–Crippen MR) is 125 cm³/mol. The largest absolute Gasteiger partial charge is 0.465 e. The van der Waals surface area contributed by atoms with Crippen molar-refractivity contribution in [2.45, 2.75) is 32.4 Å². The lowest BCUT2D eigenvalue weighted by molar-refractivity contribution is -0.117. The quantitative estimate of drug-likeness (QED) is 0.559. The maximum atomic E-state index is 13.5. The van der Waals surface area contributed by atoms with Gasteiger partial charge < -0.3 is 14.5 Å². The van der Waals surface area contributed by atoms with Crippen LogP contribution in [0.3, 0.4) is 0 Å². The van der Waals surface area contributed by atoms with Gasteiger partial charge in [-0.15, -0.1) is 0 Å². The Morgan fingerprint density at radius 1 is 1.03 bits per heavy atom. The van der Waals surface area contributed by atoms with E-state index in [2.05, 4.69) is 4.98 Å². The first-order chi connectivity index (χ1) is 15.9. The van der Waals surface area contributed by atoms with Crippen molar-refractivity contribution in [2.24, 2.45) is 0 Å². The summed E-state index contributed by atoms with van der Waals surface area (Å²) in [6.07, 6.45) is 1.98. The minimum atomic E-state index is -0.529. The number of ether oxygens (including phenoxy) is 1. The van der Waals surface area contributed by atoms with Gasteiger partial charge in [0.05, 0.1) is 18.7 Å². The monoisotopic (exact) mass is 443 g/mol. The number of rotatable bonds is 4. The van der Waals surface area contributed by atoms with E-state index in [-0.39, 0.29) is 35.2 Å². The van der Waals surface area contributed by atoms with E-state index in [1.165, 1.54) is 25.4 Å². The van der Waals surface area contributed by atoms with Crippen molar-refractivity contribution < 1.29 is 19.1 Å². The zero-order valence-electron chi connectivity index (χ0n) is 18.8. The van der Waals surface area contributed by atoms with E-state index in [1.807, 2.05) is 61.5 Å². The molecule has 2 amide bonds. The summed E-state index contributed by atoms with van der Waals surface area (Å²) in [5.74, 6) is -0.910. The Balaban J connectivity index is 1.76. The van der Waals surface area contributed by atoms with Crippen molar-refractivity contribution in [1.29, 1.82) is 0 Å². The summed E-state index contributed by atoms with van der Waals surface area (Å²) < 4.78 is 4.77. The highest BCUT2D eigenvalue weighted by atomic mass is 16.5. The number of esters is 1. The number of anilines is 2. The number of amides is 2. The molecule has 1 aromatic heterocycles. The molecule has 0 aliphatic carbocycles. The highest BCUT2D eigenvalue weighted by Crippen LogP contribution is 2.42. The number of para-hydroxylation sites is 2. The van der Waals surface area contributed by atoms with Crippen LogP contribution in [-0.4, -0.2) is 35.9 Å². The lowest BCUT2D eigenvalue weighted by Gasteiger charge is -2.43. The van der Waals surface area contributed by atoms with Gasteiger partial charge in [0.2, 0.25) is 5.91 Å². The van der Waals surface area contributed by atoms with Gasteiger partial charge in [-0.25, -0.2) is 4.79 Å². The molecule has 33 heavy (non-hydrogen) atoms. The average molecular weight is 444 g/mol. The zero-order chi connectivity index (χ0) is 23.5. The number of carbonyl (C=O) groups excluding carboxylic acids is 3. The second kappa shape index (κ2) is 9.24. The molecule has 1 aliphatic rings. The minimum absolute atomic E-state index is 0.0691. The third-order valence-corrected chi connectivity index (χ3v) is 5.86. The van der Waals surface area contributed by atoms with Crippen LogP contribution >= 0.6 is 0 Å². The summed E-state index contributed by atoms with van der Waals surface area (Å²) in [6, 6.07) is 19.7. The third kappa shape index (κ3) is 4.22. The molecule has 0 fully saturated rings. The number of carbonyl (C=O) groups is 3. The number of aromatic nitrogens is 1. The van der Waals surface area contributed by atoms with Crippen molar-refractivity contribution in [3.63, 3.8) is 0 Å². The maximum absolute atomic E-state index is 13.5. The normalized spacial score (nSPS) is 17.1. The van der Waals surface area contributed by atoms with Gasteiger partial charge >= 0.3 is 5.97 Å². The molecule has 0 N–H and O–H groups in total. The molecule has 0 saturated heterocycles. The fraction of sp³-hybridized carbons (Fsp3) is 0.231. The average Bonchev–Trinajstić information content (AvgIpc) is 2.84. The van der Waals surface area contributed by atoms with Gasteiger partial charge in [0, 0.05) is 30.5 Å². The SMILES string of the molecule is COC(=O)c1ccnc(C(=O)N2c3ccccc3C(N(C(C)=O)c3ccccc3)CC2C)c1. The Morgan fingerprint density at radius 3 is 2.42 bits per heavy atom. The van der Waals surface area contributed by atoms with E-state index in [9.17, 15) is 14.4 Å². The van der Waals surface area contributed by atoms with E-state index in [0.717, 1.165) is 16.9 Å².